The second-order valence-corrected chi connectivity index (χ2v) is 4.92. The number of H-pyrrole nitrogens is 1. The first kappa shape index (κ1) is 15.2. The summed E-state index contributed by atoms with van der Waals surface area (Å²) in [5, 5.41) is 0. The van der Waals surface area contributed by atoms with Gasteiger partial charge in [0.2, 0.25) is 0 Å². The Morgan fingerprint density at radius 3 is 2.35 bits per heavy atom. The molecule has 2 aromatic heterocycles. The van der Waals surface area contributed by atoms with E-state index >= 15 is 0 Å². The summed E-state index contributed by atoms with van der Waals surface area (Å²) in [5.74, 6) is 2.24. The van der Waals surface area contributed by atoms with E-state index in [1.165, 1.54) is 0 Å². The van der Waals surface area contributed by atoms with Crippen molar-refractivity contribution in [2.45, 2.75) is 13.5 Å². The maximum absolute atomic E-state index is 5.45. The molecule has 6 heteroatoms. The molecule has 0 unspecified atom stereocenters. The molecule has 1 aromatic carbocycles. The van der Waals surface area contributed by atoms with Crippen LogP contribution in [0.15, 0.2) is 42.9 Å². The van der Waals surface area contributed by atoms with E-state index < -0.39 is 0 Å². The van der Waals surface area contributed by atoms with Crippen molar-refractivity contribution in [2.24, 2.45) is 0 Å². The normalized spacial score (nSPS) is 10.7. The molecule has 0 fully saturated rings. The van der Waals surface area contributed by atoms with Gasteiger partial charge in [0.15, 0.2) is 5.82 Å². The van der Waals surface area contributed by atoms with Gasteiger partial charge < -0.3 is 14.5 Å². The minimum atomic E-state index is 0.399. The van der Waals surface area contributed by atoms with Gasteiger partial charge in [-0.1, -0.05) is 0 Å². The summed E-state index contributed by atoms with van der Waals surface area (Å²) in [6.07, 6.45) is 5.28. The molecule has 2 heterocycles. The molecule has 0 aliphatic heterocycles. The van der Waals surface area contributed by atoms with Crippen LogP contribution in [0.1, 0.15) is 12.7 Å². The standard InChI is InChI=1S/C17H18N4O2/c1-3-23-14-6-4-12(5-7-14)15-10-20-17(21-15)13-8-18-16(11-22-2)19-9-13/h4-10H,3,11H2,1-2H3,(H,20,21). The molecule has 3 aromatic rings. The highest BCUT2D eigenvalue weighted by atomic mass is 16.5. The lowest BCUT2D eigenvalue weighted by molar-refractivity contribution is 0.178. The molecule has 0 radical (unpaired) electrons. The van der Waals surface area contributed by atoms with Crippen molar-refractivity contribution in [3.05, 3.63) is 48.7 Å². The minimum Gasteiger partial charge on any atom is -0.494 e. The molecular formula is C17H18N4O2. The van der Waals surface area contributed by atoms with Crippen LogP contribution in [0.25, 0.3) is 22.6 Å². The topological polar surface area (TPSA) is 72.9 Å². The number of rotatable bonds is 6. The molecule has 0 aliphatic carbocycles. The predicted molar refractivity (Wildman–Crippen MR) is 86.9 cm³/mol. The van der Waals surface area contributed by atoms with Crippen LogP contribution in [-0.2, 0) is 11.3 Å². The highest BCUT2D eigenvalue weighted by Crippen LogP contribution is 2.23. The van der Waals surface area contributed by atoms with Crippen LogP contribution in [0.2, 0.25) is 0 Å². The molecule has 0 aliphatic rings. The molecule has 1 N–H and O–H groups in total. The van der Waals surface area contributed by atoms with Crippen LogP contribution in [0.3, 0.4) is 0 Å². The zero-order valence-corrected chi connectivity index (χ0v) is 13.1. The summed E-state index contributed by atoms with van der Waals surface area (Å²) in [7, 11) is 1.62. The summed E-state index contributed by atoms with van der Waals surface area (Å²) in [5.41, 5.74) is 2.81. The van der Waals surface area contributed by atoms with Crippen LogP contribution in [0.5, 0.6) is 5.75 Å². The summed E-state index contributed by atoms with van der Waals surface area (Å²) < 4.78 is 10.5. The fourth-order valence-electron chi connectivity index (χ4n) is 2.19. The highest BCUT2D eigenvalue weighted by molar-refractivity contribution is 5.64. The van der Waals surface area contributed by atoms with Crippen LogP contribution in [-0.4, -0.2) is 33.7 Å². The maximum atomic E-state index is 5.45. The van der Waals surface area contributed by atoms with Crippen molar-refractivity contribution in [2.75, 3.05) is 13.7 Å². The number of aromatic nitrogens is 4. The van der Waals surface area contributed by atoms with E-state index in [1.807, 2.05) is 31.2 Å². The number of hydrogen-bond acceptors (Lipinski definition) is 5. The minimum absolute atomic E-state index is 0.399. The Labute approximate surface area is 134 Å². The van der Waals surface area contributed by atoms with Gasteiger partial charge in [0.25, 0.3) is 0 Å². The van der Waals surface area contributed by atoms with E-state index in [-0.39, 0.29) is 0 Å². The Morgan fingerprint density at radius 1 is 0.957 bits per heavy atom. The fraction of sp³-hybridized carbons (Fsp3) is 0.235. The first-order valence-corrected chi connectivity index (χ1v) is 7.38. The quantitative estimate of drug-likeness (QED) is 0.757. The average Bonchev–Trinajstić information content (AvgIpc) is 3.07. The lowest BCUT2D eigenvalue weighted by atomic mass is 10.2. The molecule has 23 heavy (non-hydrogen) atoms. The first-order chi connectivity index (χ1) is 11.3. The number of hydrogen-bond donors (Lipinski definition) is 1. The van der Waals surface area contributed by atoms with Crippen LogP contribution in [0.4, 0.5) is 0 Å². The smallest absolute Gasteiger partial charge is 0.153 e. The zero-order chi connectivity index (χ0) is 16.1. The third kappa shape index (κ3) is 3.54. The van der Waals surface area contributed by atoms with E-state index in [2.05, 4.69) is 19.9 Å². The first-order valence-electron chi connectivity index (χ1n) is 7.38. The largest absolute Gasteiger partial charge is 0.494 e. The van der Waals surface area contributed by atoms with Gasteiger partial charge in [-0.3, -0.25) is 0 Å². The number of imidazole rings is 1. The van der Waals surface area contributed by atoms with Crippen molar-refractivity contribution in [3.8, 4) is 28.4 Å². The molecule has 0 saturated carbocycles. The Bertz CT molecular complexity index is 687. The molecule has 3 rings (SSSR count). The van der Waals surface area contributed by atoms with Gasteiger partial charge in [0.1, 0.15) is 18.2 Å². The fourth-order valence-corrected chi connectivity index (χ4v) is 2.19. The Morgan fingerprint density at radius 2 is 1.70 bits per heavy atom. The van der Waals surface area contributed by atoms with E-state index in [4.69, 9.17) is 9.47 Å². The summed E-state index contributed by atoms with van der Waals surface area (Å²) >= 11 is 0. The molecule has 118 valence electrons. The lowest BCUT2D eigenvalue weighted by Gasteiger charge is -2.03. The number of benzene rings is 1. The van der Waals surface area contributed by atoms with Crippen molar-refractivity contribution in [3.63, 3.8) is 0 Å². The van der Waals surface area contributed by atoms with Gasteiger partial charge >= 0.3 is 0 Å². The molecule has 6 nitrogen and oxygen atoms in total. The van der Waals surface area contributed by atoms with E-state index in [9.17, 15) is 0 Å². The second kappa shape index (κ2) is 7.02. The van der Waals surface area contributed by atoms with Gasteiger partial charge in [-0.05, 0) is 36.8 Å². The number of nitrogens with zero attached hydrogens (tertiary/aromatic N) is 3. The van der Waals surface area contributed by atoms with Crippen LogP contribution >= 0.6 is 0 Å². The van der Waals surface area contributed by atoms with Crippen molar-refractivity contribution in [1.82, 2.24) is 19.9 Å². The molecule has 0 saturated heterocycles. The van der Waals surface area contributed by atoms with Gasteiger partial charge in [-0.2, -0.15) is 0 Å². The third-order valence-corrected chi connectivity index (χ3v) is 3.30. The number of aromatic amines is 1. The van der Waals surface area contributed by atoms with Crippen LogP contribution in [0, 0.1) is 0 Å². The Balaban J connectivity index is 1.79. The van der Waals surface area contributed by atoms with Crippen molar-refractivity contribution >= 4 is 0 Å². The molecule has 0 spiro atoms. The van der Waals surface area contributed by atoms with Gasteiger partial charge in [-0.15, -0.1) is 0 Å². The van der Waals surface area contributed by atoms with E-state index in [1.54, 1.807) is 25.7 Å². The lowest BCUT2D eigenvalue weighted by Crippen LogP contribution is -1.96. The SMILES string of the molecule is CCOc1ccc(-c2cnc(-c3cnc(COC)nc3)[nH]2)cc1. The highest BCUT2D eigenvalue weighted by Gasteiger charge is 2.07. The Hall–Kier alpha value is -2.73. The monoisotopic (exact) mass is 310 g/mol. The van der Waals surface area contributed by atoms with Crippen molar-refractivity contribution in [1.29, 1.82) is 0 Å². The van der Waals surface area contributed by atoms with Gasteiger partial charge in [-0.25, -0.2) is 15.0 Å². The molecule has 0 amide bonds. The number of methoxy groups -OCH3 is 1. The molecule has 0 atom stereocenters. The van der Waals surface area contributed by atoms with E-state index in [0.717, 1.165) is 28.4 Å². The number of ether oxygens (including phenoxy) is 2. The summed E-state index contributed by atoms with van der Waals surface area (Å²) in [6, 6.07) is 7.89. The van der Waals surface area contributed by atoms with Gasteiger partial charge in [0, 0.05) is 19.5 Å². The van der Waals surface area contributed by atoms with Crippen LogP contribution < -0.4 is 4.74 Å². The zero-order valence-electron chi connectivity index (χ0n) is 13.1. The summed E-state index contributed by atoms with van der Waals surface area (Å²) in [6.45, 7) is 3.03. The van der Waals surface area contributed by atoms with E-state index in [0.29, 0.717) is 19.0 Å². The molecule has 0 bridgehead atoms. The average molecular weight is 310 g/mol. The van der Waals surface area contributed by atoms with Gasteiger partial charge in [0.05, 0.1) is 24.1 Å². The Kier molecular flexibility index (Phi) is 4.63. The second-order valence-electron chi connectivity index (χ2n) is 4.92. The maximum Gasteiger partial charge on any atom is 0.153 e. The summed E-state index contributed by atoms with van der Waals surface area (Å²) in [4.78, 5) is 16.2. The van der Waals surface area contributed by atoms with Crippen molar-refractivity contribution < 1.29 is 9.47 Å². The third-order valence-electron chi connectivity index (χ3n) is 3.30. The molecular weight excluding hydrogens is 292 g/mol. The number of nitrogens with one attached hydrogen (secondary N) is 1. The predicted octanol–water partition coefficient (Wildman–Crippen LogP) is 3.08.